The Hall–Kier alpha value is -0.0800. The van der Waals surface area contributed by atoms with E-state index in [2.05, 4.69) is 17.7 Å². The Kier molecular flexibility index (Phi) is 0.868. The van der Waals surface area contributed by atoms with Gasteiger partial charge in [0.05, 0.1) is 0 Å². The first kappa shape index (κ1) is 5.56. The molecule has 2 nitrogen and oxygen atoms in total. The molecule has 56 valence electrons. The Labute approximate surface area is 61.4 Å². The van der Waals surface area contributed by atoms with Crippen LogP contribution in [-0.4, -0.2) is 25.2 Å². The summed E-state index contributed by atoms with van der Waals surface area (Å²) in [4.78, 5) is 0. The predicted molar refractivity (Wildman–Crippen MR) is 39.8 cm³/mol. The molecule has 3 rings (SSSR count). The first-order valence-corrected chi connectivity index (χ1v) is 4.33. The number of piperidine rings is 1. The first-order chi connectivity index (χ1) is 4.90. The van der Waals surface area contributed by atoms with Crippen molar-refractivity contribution in [3.63, 3.8) is 0 Å². The van der Waals surface area contributed by atoms with E-state index in [4.69, 9.17) is 0 Å². The van der Waals surface area contributed by atoms with E-state index >= 15 is 0 Å². The zero-order chi connectivity index (χ0) is 6.72. The molecule has 0 aromatic heterocycles. The minimum Gasteiger partial charge on any atom is -0.317 e. The fourth-order valence-corrected chi connectivity index (χ4v) is 3.12. The molecular formula is C8H14N2. The van der Waals surface area contributed by atoms with Gasteiger partial charge in [-0.1, -0.05) is 0 Å². The lowest BCUT2D eigenvalue weighted by atomic mass is 9.96. The van der Waals surface area contributed by atoms with Crippen molar-refractivity contribution in [2.24, 2.45) is 11.8 Å². The largest absolute Gasteiger partial charge is 0.317 e. The summed E-state index contributed by atoms with van der Waals surface area (Å²) in [6, 6.07) is 2.69. The van der Waals surface area contributed by atoms with Crippen molar-refractivity contribution in [1.29, 1.82) is 0 Å². The predicted octanol–water partition coefficient (Wildman–Crippen LogP) is -0.0454. The second-order valence-electron chi connectivity index (χ2n) is 4.01. The third-order valence-electron chi connectivity index (χ3n) is 3.65. The van der Waals surface area contributed by atoms with Crippen molar-refractivity contribution in [2.45, 2.75) is 31.0 Å². The smallest absolute Gasteiger partial charge is 0.0270 e. The van der Waals surface area contributed by atoms with Gasteiger partial charge < -0.3 is 10.6 Å². The second-order valence-corrected chi connectivity index (χ2v) is 4.01. The Morgan fingerprint density at radius 2 is 2.20 bits per heavy atom. The van der Waals surface area contributed by atoms with Crippen LogP contribution in [0.4, 0.5) is 0 Å². The van der Waals surface area contributed by atoms with Gasteiger partial charge in [-0.15, -0.1) is 0 Å². The summed E-state index contributed by atoms with van der Waals surface area (Å²) in [5, 5.41) is 6.97. The van der Waals surface area contributed by atoms with Gasteiger partial charge in [-0.3, -0.25) is 0 Å². The van der Waals surface area contributed by atoms with Crippen molar-refractivity contribution in [3.8, 4) is 0 Å². The minimum absolute atomic E-state index is 0.834. The maximum absolute atomic E-state index is 3.55. The molecule has 10 heavy (non-hydrogen) atoms. The van der Waals surface area contributed by atoms with Gasteiger partial charge in [0.15, 0.2) is 0 Å². The molecule has 3 fully saturated rings. The first-order valence-electron chi connectivity index (χ1n) is 4.33. The Morgan fingerprint density at radius 1 is 1.30 bits per heavy atom. The maximum atomic E-state index is 3.55. The van der Waals surface area contributed by atoms with Crippen molar-refractivity contribution < 1.29 is 0 Å². The number of hydrogen-bond donors (Lipinski definition) is 2. The molecule has 2 bridgehead atoms. The van der Waals surface area contributed by atoms with Gasteiger partial charge in [-0.2, -0.15) is 0 Å². The number of fused-ring (bicyclic) bond motifs is 5. The Morgan fingerprint density at radius 3 is 2.80 bits per heavy atom. The number of rotatable bonds is 1. The summed E-state index contributed by atoms with van der Waals surface area (Å²) in [6.07, 6.45) is 2.92. The van der Waals surface area contributed by atoms with E-state index in [1.807, 2.05) is 0 Å². The van der Waals surface area contributed by atoms with Gasteiger partial charge in [-0.05, 0) is 31.7 Å². The summed E-state index contributed by atoms with van der Waals surface area (Å²) < 4.78 is 0. The molecular weight excluding hydrogens is 124 g/mol. The zero-order valence-corrected chi connectivity index (χ0v) is 6.30. The van der Waals surface area contributed by atoms with Crippen molar-refractivity contribution in [2.75, 3.05) is 7.05 Å². The molecule has 0 aromatic carbocycles. The van der Waals surface area contributed by atoms with Crippen molar-refractivity contribution in [1.82, 2.24) is 10.6 Å². The Bertz CT molecular complexity index is 169. The third kappa shape index (κ3) is 0.487. The van der Waals surface area contributed by atoms with Gasteiger partial charge in [0.25, 0.3) is 0 Å². The van der Waals surface area contributed by atoms with Crippen LogP contribution >= 0.6 is 0 Å². The van der Waals surface area contributed by atoms with Crippen LogP contribution in [0.5, 0.6) is 0 Å². The van der Waals surface area contributed by atoms with E-state index in [1.165, 1.54) is 12.8 Å². The summed E-state index contributed by atoms with van der Waals surface area (Å²) in [6.45, 7) is 0. The van der Waals surface area contributed by atoms with E-state index in [1.54, 1.807) is 0 Å². The quantitative estimate of drug-likeness (QED) is 0.498. The molecule has 0 radical (unpaired) electrons. The molecule has 3 aliphatic rings. The van der Waals surface area contributed by atoms with Crippen LogP contribution in [0.15, 0.2) is 0 Å². The summed E-state index contributed by atoms with van der Waals surface area (Å²) in [5.74, 6) is 1.99. The molecule has 1 heterocycles. The highest BCUT2D eigenvalue weighted by Gasteiger charge is 2.60. The van der Waals surface area contributed by atoms with Crippen molar-refractivity contribution in [3.05, 3.63) is 0 Å². The lowest BCUT2D eigenvalue weighted by Gasteiger charge is -2.18. The number of nitrogens with one attached hydrogen (secondary N) is 2. The van der Waals surface area contributed by atoms with Crippen LogP contribution in [0.25, 0.3) is 0 Å². The fourth-order valence-electron chi connectivity index (χ4n) is 3.12. The second kappa shape index (κ2) is 1.56. The van der Waals surface area contributed by atoms with Gasteiger partial charge in [0.2, 0.25) is 0 Å². The SMILES string of the molecule is CNC1CC2CC1C1NC21. The molecule has 2 saturated carbocycles. The van der Waals surface area contributed by atoms with Gasteiger partial charge in [0, 0.05) is 18.1 Å². The molecule has 0 spiro atoms. The molecule has 0 amide bonds. The highest BCUT2D eigenvalue weighted by Crippen LogP contribution is 2.51. The normalized spacial score (nSPS) is 62.7. The van der Waals surface area contributed by atoms with Gasteiger partial charge >= 0.3 is 0 Å². The average molecular weight is 138 g/mol. The summed E-state index contributed by atoms with van der Waals surface area (Å²) in [5.41, 5.74) is 0. The van der Waals surface area contributed by atoms with E-state index in [0.717, 1.165) is 30.0 Å². The highest BCUT2D eigenvalue weighted by atomic mass is 15.2. The summed E-state index contributed by atoms with van der Waals surface area (Å²) >= 11 is 0. The highest BCUT2D eigenvalue weighted by molar-refractivity contribution is 5.19. The topological polar surface area (TPSA) is 34.0 Å². The molecule has 2 aliphatic carbocycles. The molecule has 5 atom stereocenters. The molecule has 2 heteroatoms. The van der Waals surface area contributed by atoms with E-state index in [9.17, 15) is 0 Å². The molecule has 1 aliphatic heterocycles. The minimum atomic E-state index is 0.834. The molecule has 2 N–H and O–H groups in total. The lowest BCUT2D eigenvalue weighted by Crippen LogP contribution is -2.34. The number of hydrogen-bond acceptors (Lipinski definition) is 2. The standard InChI is InChI=1S/C8H14N2/c1-9-6-3-4-2-5(6)8-7(4)10-8/h4-10H,2-3H2,1H3. The average Bonchev–Trinajstić information content (AvgIpc) is 2.58. The summed E-state index contributed by atoms with van der Waals surface area (Å²) in [7, 11) is 2.10. The van der Waals surface area contributed by atoms with Crippen LogP contribution in [0.3, 0.4) is 0 Å². The van der Waals surface area contributed by atoms with E-state index in [0.29, 0.717) is 0 Å². The van der Waals surface area contributed by atoms with Gasteiger partial charge in [0.1, 0.15) is 0 Å². The Balaban J connectivity index is 1.85. The van der Waals surface area contributed by atoms with Crippen molar-refractivity contribution >= 4 is 0 Å². The third-order valence-corrected chi connectivity index (χ3v) is 3.65. The monoisotopic (exact) mass is 138 g/mol. The van der Waals surface area contributed by atoms with Crippen LogP contribution in [0, 0.1) is 11.8 Å². The zero-order valence-electron chi connectivity index (χ0n) is 6.30. The van der Waals surface area contributed by atoms with Crippen LogP contribution < -0.4 is 10.6 Å². The van der Waals surface area contributed by atoms with Crippen LogP contribution in [0.1, 0.15) is 12.8 Å². The van der Waals surface area contributed by atoms with Gasteiger partial charge in [-0.25, -0.2) is 0 Å². The molecule has 0 aromatic rings. The fraction of sp³-hybridized carbons (Fsp3) is 1.00. The maximum Gasteiger partial charge on any atom is 0.0270 e. The van der Waals surface area contributed by atoms with E-state index < -0.39 is 0 Å². The van der Waals surface area contributed by atoms with Crippen LogP contribution in [-0.2, 0) is 0 Å². The molecule has 1 saturated heterocycles. The lowest BCUT2D eigenvalue weighted by molar-refractivity contribution is 0.406. The molecule has 5 unspecified atom stereocenters. The van der Waals surface area contributed by atoms with E-state index in [-0.39, 0.29) is 0 Å². The van der Waals surface area contributed by atoms with Crippen LogP contribution in [0.2, 0.25) is 0 Å².